The molecule has 0 amide bonds. The van der Waals surface area contributed by atoms with E-state index in [1.807, 2.05) is 25.1 Å². The Morgan fingerprint density at radius 1 is 1.50 bits per heavy atom. The van der Waals surface area contributed by atoms with Gasteiger partial charge in [-0.25, -0.2) is 0 Å². The second kappa shape index (κ2) is 3.72. The first-order chi connectivity index (χ1) is 5.59. The van der Waals surface area contributed by atoms with Crippen molar-refractivity contribution in [2.45, 2.75) is 20.3 Å². The molecule has 0 bridgehead atoms. The molecule has 0 aliphatic rings. The summed E-state index contributed by atoms with van der Waals surface area (Å²) in [6.45, 7) is 3.52. The first kappa shape index (κ1) is 9.27. The molecule has 1 aromatic rings. The Kier molecular flexibility index (Phi) is 2.88. The van der Waals surface area contributed by atoms with E-state index in [0.29, 0.717) is 6.42 Å². The van der Waals surface area contributed by atoms with Crippen molar-refractivity contribution in [2.75, 3.05) is 0 Å². The summed E-state index contributed by atoms with van der Waals surface area (Å²) >= 11 is 5.83. The maximum atomic E-state index is 10.8. The van der Waals surface area contributed by atoms with Crippen molar-refractivity contribution in [3.63, 3.8) is 0 Å². The summed E-state index contributed by atoms with van der Waals surface area (Å²) in [7, 11) is 0. The fourth-order valence-corrected chi connectivity index (χ4v) is 1.22. The van der Waals surface area contributed by atoms with E-state index in [9.17, 15) is 4.79 Å². The van der Waals surface area contributed by atoms with Gasteiger partial charge in [-0.1, -0.05) is 23.7 Å². The van der Waals surface area contributed by atoms with Crippen LogP contribution in [0.25, 0.3) is 0 Å². The molecule has 1 nitrogen and oxygen atoms in total. The summed E-state index contributed by atoms with van der Waals surface area (Å²) in [5.41, 5.74) is 2.06. The van der Waals surface area contributed by atoms with Crippen LogP contribution in [0, 0.1) is 6.92 Å². The van der Waals surface area contributed by atoms with E-state index in [1.165, 1.54) is 0 Å². The topological polar surface area (TPSA) is 17.1 Å². The first-order valence-corrected chi connectivity index (χ1v) is 4.22. The summed E-state index contributed by atoms with van der Waals surface area (Å²) in [4.78, 5) is 10.8. The second-order valence-electron chi connectivity index (χ2n) is 2.96. The van der Waals surface area contributed by atoms with Gasteiger partial charge in [-0.05, 0) is 31.0 Å². The smallest absolute Gasteiger partial charge is 0.134 e. The van der Waals surface area contributed by atoms with Gasteiger partial charge < -0.3 is 0 Å². The highest BCUT2D eigenvalue weighted by molar-refractivity contribution is 6.31. The maximum absolute atomic E-state index is 10.8. The molecule has 0 aliphatic heterocycles. The summed E-state index contributed by atoms with van der Waals surface area (Å²) in [5, 5.41) is 0.752. The van der Waals surface area contributed by atoms with Crippen LogP contribution in [0.2, 0.25) is 5.02 Å². The summed E-state index contributed by atoms with van der Waals surface area (Å²) < 4.78 is 0. The van der Waals surface area contributed by atoms with E-state index in [1.54, 1.807) is 6.92 Å². The minimum Gasteiger partial charge on any atom is -0.300 e. The normalized spacial score (nSPS) is 9.92. The lowest BCUT2D eigenvalue weighted by Gasteiger charge is -2.01. The number of carbonyl (C=O) groups is 1. The molecule has 0 unspecified atom stereocenters. The minimum absolute atomic E-state index is 0.178. The van der Waals surface area contributed by atoms with Gasteiger partial charge in [-0.2, -0.15) is 0 Å². The van der Waals surface area contributed by atoms with Gasteiger partial charge in [0.25, 0.3) is 0 Å². The van der Waals surface area contributed by atoms with Crippen LogP contribution in [-0.2, 0) is 11.2 Å². The van der Waals surface area contributed by atoms with Crippen LogP contribution in [0.4, 0.5) is 0 Å². The molecule has 0 aliphatic carbocycles. The molecule has 0 aromatic heterocycles. The number of rotatable bonds is 2. The van der Waals surface area contributed by atoms with Crippen LogP contribution in [0.15, 0.2) is 18.2 Å². The van der Waals surface area contributed by atoms with Crippen molar-refractivity contribution in [3.8, 4) is 0 Å². The third kappa shape index (κ3) is 2.35. The predicted octanol–water partition coefficient (Wildman–Crippen LogP) is 2.78. The second-order valence-corrected chi connectivity index (χ2v) is 3.37. The quantitative estimate of drug-likeness (QED) is 0.688. The van der Waals surface area contributed by atoms with Crippen LogP contribution in [0.1, 0.15) is 18.1 Å². The minimum atomic E-state index is 0.178. The number of ketones is 1. The number of halogens is 1. The zero-order valence-corrected chi connectivity index (χ0v) is 7.98. The number of hydrogen-bond acceptors (Lipinski definition) is 1. The molecule has 0 heterocycles. The fourth-order valence-electron chi connectivity index (χ4n) is 1.10. The highest BCUT2D eigenvalue weighted by atomic mass is 35.5. The number of aryl methyl sites for hydroxylation is 1. The van der Waals surface area contributed by atoms with E-state index < -0.39 is 0 Å². The lowest BCUT2D eigenvalue weighted by Crippen LogP contribution is -1.96. The molecule has 0 N–H and O–H groups in total. The van der Waals surface area contributed by atoms with E-state index in [4.69, 9.17) is 11.6 Å². The Bertz CT molecular complexity index is 305. The van der Waals surface area contributed by atoms with Crippen LogP contribution >= 0.6 is 11.6 Å². The van der Waals surface area contributed by atoms with Crippen molar-refractivity contribution >= 4 is 17.4 Å². The molecule has 1 rings (SSSR count). The van der Waals surface area contributed by atoms with Gasteiger partial charge >= 0.3 is 0 Å². The summed E-state index contributed by atoms with van der Waals surface area (Å²) in [6.07, 6.45) is 0.498. The fraction of sp³-hybridized carbons (Fsp3) is 0.300. The predicted molar refractivity (Wildman–Crippen MR) is 50.6 cm³/mol. The van der Waals surface area contributed by atoms with Gasteiger partial charge in [-0.3, -0.25) is 4.79 Å². The highest BCUT2D eigenvalue weighted by Crippen LogP contribution is 2.16. The SMILES string of the molecule is CC(=O)Cc1ccc(Cl)c(C)c1. The van der Waals surface area contributed by atoms with Crippen molar-refractivity contribution in [1.29, 1.82) is 0 Å². The van der Waals surface area contributed by atoms with Crippen LogP contribution in [0.5, 0.6) is 0 Å². The Balaban J connectivity index is 2.89. The van der Waals surface area contributed by atoms with Gasteiger partial charge in [-0.15, -0.1) is 0 Å². The third-order valence-corrected chi connectivity index (χ3v) is 2.10. The molecule has 2 heteroatoms. The lowest BCUT2D eigenvalue weighted by atomic mass is 10.1. The monoisotopic (exact) mass is 182 g/mol. The molecule has 1 aromatic carbocycles. The van der Waals surface area contributed by atoms with Crippen molar-refractivity contribution < 1.29 is 4.79 Å². The van der Waals surface area contributed by atoms with Crippen LogP contribution in [0.3, 0.4) is 0 Å². The van der Waals surface area contributed by atoms with Crippen LogP contribution < -0.4 is 0 Å². The number of hydrogen-bond donors (Lipinski definition) is 0. The molecule has 0 radical (unpaired) electrons. The standard InChI is InChI=1S/C10H11ClO/c1-7-5-9(6-8(2)12)3-4-10(7)11/h3-5H,6H2,1-2H3. The Hall–Kier alpha value is -0.820. The molecular weight excluding hydrogens is 172 g/mol. The first-order valence-electron chi connectivity index (χ1n) is 3.84. The molecule has 64 valence electrons. The van der Waals surface area contributed by atoms with Crippen molar-refractivity contribution in [3.05, 3.63) is 34.3 Å². The van der Waals surface area contributed by atoms with Gasteiger partial charge in [0.1, 0.15) is 5.78 Å². The molecule has 0 saturated heterocycles. The van der Waals surface area contributed by atoms with E-state index in [0.717, 1.165) is 16.1 Å². The highest BCUT2D eigenvalue weighted by Gasteiger charge is 1.99. The average Bonchev–Trinajstić information content (AvgIpc) is 1.96. The summed E-state index contributed by atoms with van der Waals surface area (Å²) in [5.74, 6) is 0.178. The zero-order valence-electron chi connectivity index (χ0n) is 7.23. The van der Waals surface area contributed by atoms with Gasteiger partial charge in [0.05, 0.1) is 0 Å². The Morgan fingerprint density at radius 2 is 2.17 bits per heavy atom. The lowest BCUT2D eigenvalue weighted by molar-refractivity contribution is -0.116. The number of benzene rings is 1. The Morgan fingerprint density at radius 3 is 2.67 bits per heavy atom. The average molecular weight is 183 g/mol. The summed E-state index contributed by atoms with van der Waals surface area (Å²) in [6, 6.07) is 5.66. The van der Waals surface area contributed by atoms with Gasteiger partial charge in [0.2, 0.25) is 0 Å². The van der Waals surface area contributed by atoms with Crippen molar-refractivity contribution in [2.24, 2.45) is 0 Å². The third-order valence-electron chi connectivity index (χ3n) is 1.68. The van der Waals surface area contributed by atoms with Crippen LogP contribution in [-0.4, -0.2) is 5.78 Å². The van der Waals surface area contributed by atoms with E-state index >= 15 is 0 Å². The number of Topliss-reactive ketones (excluding diaryl/α,β-unsaturated/α-hetero) is 1. The zero-order chi connectivity index (χ0) is 9.14. The largest absolute Gasteiger partial charge is 0.300 e. The molecule has 0 fully saturated rings. The van der Waals surface area contributed by atoms with E-state index in [-0.39, 0.29) is 5.78 Å². The molecular formula is C10H11ClO. The van der Waals surface area contributed by atoms with Gasteiger partial charge in [0, 0.05) is 11.4 Å². The molecule has 0 atom stereocenters. The van der Waals surface area contributed by atoms with E-state index in [2.05, 4.69) is 0 Å². The van der Waals surface area contributed by atoms with Crippen molar-refractivity contribution in [1.82, 2.24) is 0 Å². The Labute approximate surface area is 77.4 Å². The maximum Gasteiger partial charge on any atom is 0.134 e. The molecule has 12 heavy (non-hydrogen) atoms. The molecule has 0 spiro atoms. The number of carbonyl (C=O) groups excluding carboxylic acids is 1. The van der Waals surface area contributed by atoms with Gasteiger partial charge in [0.15, 0.2) is 0 Å². The molecule has 0 saturated carbocycles.